The fraction of sp³-hybridized carbons (Fsp3) is 0.375. The predicted octanol–water partition coefficient (Wildman–Crippen LogP) is 3.90. The Balaban J connectivity index is 1.75. The summed E-state index contributed by atoms with van der Waals surface area (Å²) >= 11 is 0. The molecule has 164 valence electrons. The molecule has 7 heteroatoms. The van der Waals surface area contributed by atoms with E-state index < -0.39 is 0 Å². The second-order valence-electron chi connectivity index (χ2n) is 7.56. The van der Waals surface area contributed by atoms with E-state index in [1.807, 2.05) is 53.1 Å². The molecule has 31 heavy (non-hydrogen) atoms. The fourth-order valence-corrected chi connectivity index (χ4v) is 3.28. The highest BCUT2D eigenvalue weighted by Gasteiger charge is 2.16. The second-order valence-corrected chi connectivity index (χ2v) is 7.56. The fourth-order valence-electron chi connectivity index (χ4n) is 3.28. The van der Waals surface area contributed by atoms with Crippen molar-refractivity contribution in [2.24, 2.45) is 0 Å². The van der Waals surface area contributed by atoms with Gasteiger partial charge in [-0.15, -0.1) is 0 Å². The lowest BCUT2D eigenvalue weighted by Gasteiger charge is -2.13. The topological polar surface area (TPSA) is 73.7 Å². The zero-order valence-corrected chi connectivity index (χ0v) is 18.3. The molecule has 0 bridgehead atoms. The quantitative estimate of drug-likeness (QED) is 0.365. The molecule has 0 saturated heterocycles. The van der Waals surface area contributed by atoms with E-state index in [9.17, 15) is 9.59 Å². The maximum Gasteiger partial charge on any atom is 0.305 e. The van der Waals surface area contributed by atoms with Crippen LogP contribution in [-0.2, 0) is 20.9 Å². The van der Waals surface area contributed by atoms with Crippen LogP contribution >= 0.6 is 0 Å². The van der Waals surface area contributed by atoms with Crippen LogP contribution in [0, 0.1) is 0 Å². The van der Waals surface area contributed by atoms with Crippen molar-refractivity contribution in [2.45, 2.75) is 32.2 Å². The molecular formula is C24H29N3O4. The first-order valence-electron chi connectivity index (χ1n) is 10.4. The molecule has 0 N–H and O–H groups in total. The zero-order valence-electron chi connectivity index (χ0n) is 18.3. The van der Waals surface area contributed by atoms with Crippen molar-refractivity contribution in [3.63, 3.8) is 0 Å². The molecule has 1 aromatic heterocycles. The number of nitrogens with zero attached hydrogens (tertiary/aromatic N) is 3. The van der Waals surface area contributed by atoms with Crippen molar-refractivity contribution in [3.05, 3.63) is 48.5 Å². The molecular weight excluding hydrogens is 394 g/mol. The summed E-state index contributed by atoms with van der Waals surface area (Å²) in [5, 5.41) is 0. The van der Waals surface area contributed by atoms with Crippen LogP contribution in [0.4, 0.5) is 0 Å². The Morgan fingerprint density at radius 2 is 1.81 bits per heavy atom. The monoisotopic (exact) mass is 423 g/mol. The van der Waals surface area contributed by atoms with E-state index in [4.69, 9.17) is 9.72 Å². The number of amides is 1. The minimum Gasteiger partial charge on any atom is -0.494 e. The molecule has 0 fully saturated rings. The minimum absolute atomic E-state index is 0.00348. The van der Waals surface area contributed by atoms with Crippen molar-refractivity contribution in [3.8, 4) is 17.1 Å². The summed E-state index contributed by atoms with van der Waals surface area (Å²) in [5.41, 5.74) is 2.63. The highest BCUT2D eigenvalue weighted by molar-refractivity contribution is 5.85. The van der Waals surface area contributed by atoms with E-state index in [1.54, 1.807) is 19.0 Å². The Labute approximate surface area is 182 Å². The van der Waals surface area contributed by atoms with Crippen molar-refractivity contribution in [1.82, 2.24) is 14.5 Å². The van der Waals surface area contributed by atoms with Crippen LogP contribution in [0.15, 0.2) is 48.5 Å². The van der Waals surface area contributed by atoms with Gasteiger partial charge in [0.25, 0.3) is 0 Å². The first-order chi connectivity index (χ1) is 15.0. The van der Waals surface area contributed by atoms with E-state index in [0.29, 0.717) is 13.0 Å². The number of rotatable bonds is 10. The number of imidazole rings is 1. The Hall–Kier alpha value is -3.35. The Morgan fingerprint density at radius 3 is 2.52 bits per heavy atom. The molecule has 0 saturated carbocycles. The summed E-state index contributed by atoms with van der Waals surface area (Å²) in [6.45, 7) is 0.784. The SMILES string of the molecule is COC(=O)CCCCCOc1ccc2c(c1)nc(-c1ccccc1)n2CC(=O)N(C)C. The van der Waals surface area contributed by atoms with Crippen LogP contribution in [0.25, 0.3) is 22.4 Å². The van der Waals surface area contributed by atoms with Crippen LogP contribution in [0.3, 0.4) is 0 Å². The lowest BCUT2D eigenvalue weighted by molar-refractivity contribution is -0.140. The van der Waals surface area contributed by atoms with Gasteiger partial charge in [0.1, 0.15) is 18.1 Å². The first-order valence-corrected chi connectivity index (χ1v) is 10.4. The van der Waals surface area contributed by atoms with Gasteiger partial charge < -0.3 is 18.9 Å². The summed E-state index contributed by atoms with van der Waals surface area (Å²) < 4.78 is 12.5. The Bertz CT molecular complexity index is 1030. The smallest absolute Gasteiger partial charge is 0.305 e. The van der Waals surface area contributed by atoms with E-state index in [2.05, 4.69) is 4.74 Å². The van der Waals surface area contributed by atoms with Crippen LogP contribution < -0.4 is 4.74 Å². The molecule has 7 nitrogen and oxygen atoms in total. The summed E-state index contributed by atoms with van der Waals surface area (Å²) in [5.74, 6) is 1.32. The Kier molecular flexibility index (Phi) is 7.65. The number of ether oxygens (including phenoxy) is 2. The number of methoxy groups -OCH3 is 1. The third-order valence-electron chi connectivity index (χ3n) is 5.07. The number of aromatic nitrogens is 2. The molecule has 0 spiro atoms. The largest absolute Gasteiger partial charge is 0.494 e. The maximum atomic E-state index is 12.4. The molecule has 3 rings (SSSR count). The highest BCUT2D eigenvalue weighted by atomic mass is 16.5. The second kappa shape index (κ2) is 10.6. The molecule has 0 aliphatic heterocycles. The lowest BCUT2D eigenvalue weighted by Crippen LogP contribution is -2.26. The van der Waals surface area contributed by atoms with Gasteiger partial charge in [-0.2, -0.15) is 0 Å². The van der Waals surface area contributed by atoms with E-state index in [-0.39, 0.29) is 18.4 Å². The molecule has 1 amide bonds. The van der Waals surface area contributed by atoms with E-state index >= 15 is 0 Å². The van der Waals surface area contributed by atoms with E-state index in [0.717, 1.165) is 47.4 Å². The number of likely N-dealkylation sites (N-methyl/N-ethyl adjacent to an activating group) is 1. The number of unbranched alkanes of at least 4 members (excludes halogenated alkanes) is 2. The number of hydrogen-bond donors (Lipinski definition) is 0. The molecule has 3 aromatic rings. The van der Waals surface area contributed by atoms with Crippen LogP contribution in [0.2, 0.25) is 0 Å². The van der Waals surface area contributed by atoms with E-state index in [1.165, 1.54) is 7.11 Å². The van der Waals surface area contributed by atoms with Crippen molar-refractivity contribution < 1.29 is 19.1 Å². The summed E-state index contributed by atoms with van der Waals surface area (Å²) in [4.78, 5) is 29.9. The van der Waals surface area contributed by atoms with Crippen LogP contribution in [0.5, 0.6) is 5.75 Å². The van der Waals surface area contributed by atoms with Gasteiger partial charge in [0.15, 0.2) is 0 Å². The molecule has 0 unspecified atom stereocenters. The van der Waals surface area contributed by atoms with Gasteiger partial charge in [-0.05, 0) is 31.4 Å². The summed E-state index contributed by atoms with van der Waals surface area (Å²) in [6.07, 6.45) is 2.99. The molecule has 0 aliphatic rings. The maximum absolute atomic E-state index is 12.4. The predicted molar refractivity (Wildman–Crippen MR) is 120 cm³/mol. The highest BCUT2D eigenvalue weighted by Crippen LogP contribution is 2.27. The number of carbonyl (C=O) groups excluding carboxylic acids is 2. The molecule has 0 radical (unpaired) electrons. The average Bonchev–Trinajstić information content (AvgIpc) is 3.14. The lowest BCUT2D eigenvalue weighted by atomic mass is 10.2. The number of esters is 1. The third kappa shape index (κ3) is 5.84. The number of fused-ring (bicyclic) bond motifs is 1. The van der Waals surface area contributed by atoms with Gasteiger partial charge in [-0.3, -0.25) is 9.59 Å². The molecule has 0 aliphatic carbocycles. The van der Waals surface area contributed by atoms with Gasteiger partial charge in [0.05, 0.1) is 24.8 Å². The van der Waals surface area contributed by atoms with Gasteiger partial charge in [0, 0.05) is 32.1 Å². The van der Waals surface area contributed by atoms with Crippen molar-refractivity contribution in [1.29, 1.82) is 0 Å². The minimum atomic E-state index is -0.177. The molecule has 2 aromatic carbocycles. The van der Waals surface area contributed by atoms with Gasteiger partial charge in [-0.25, -0.2) is 4.98 Å². The number of benzene rings is 2. The summed E-state index contributed by atoms with van der Waals surface area (Å²) in [7, 11) is 4.91. The summed E-state index contributed by atoms with van der Waals surface area (Å²) in [6, 6.07) is 15.6. The van der Waals surface area contributed by atoms with Gasteiger partial charge >= 0.3 is 5.97 Å². The van der Waals surface area contributed by atoms with Crippen molar-refractivity contribution >= 4 is 22.9 Å². The molecule has 0 atom stereocenters. The Morgan fingerprint density at radius 1 is 1.03 bits per heavy atom. The van der Waals surface area contributed by atoms with Crippen LogP contribution in [-0.4, -0.2) is 54.1 Å². The van der Waals surface area contributed by atoms with Gasteiger partial charge in [0.2, 0.25) is 5.91 Å². The van der Waals surface area contributed by atoms with Gasteiger partial charge in [-0.1, -0.05) is 30.3 Å². The zero-order chi connectivity index (χ0) is 22.2. The molecule has 1 heterocycles. The van der Waals surface area contributed by atoms with Crippen LogP contribution in [0.1, 0.15) is 25.7 Å². The average molecular weight is 424 g/mol. The normalized spacial score (nSPS) is 10.8. The first kappa shape index (κ1) is 22.3. The number of carbonyl (C=O) groups is 2. The third-order valence-corrected chi connectivity index (χ3v) is 5.07. The number of hydrogen-bond acceptors (Lipinski definition) is 5. The van der Waals surface area contributed by atoms with Crippen molar-refractivity contribution in [2.75, 3.05) is 27.8 Å². The standard InChI is InChI=1S/C24H29N3O4/c1-26(2)22(28)17-27-21-14-13-19(31-15-9-5-8-12-23(29)30-3)16-20(21)25-24(27)18-10-6-4-7-11-18/h4,6-7,10-11,13-14,16H,5,8-9,12,15,17H2,1-3H3.